The molecule has 2 saturated carbocycles. The van der Waals surface area contributed by atoms with Gasteiger partial charge >= 0.3 is 0 Å². The second-order valence-corrected chi connectivity index (χ2v) is 5.53. The van der Waals surface area contributed by atoms with Gasteiger partial charge in [-0.15, -0.1) is 0 Å². The molecule has 0 bridgehead atoms. The van der Waals surface area contributed by atoms with Crippen LogP contribution in [0.3, 0.4) is 0 Å². The fourth-order valence-corrected chi connectivity index (χ4v) is 3.17. The van der Waals surface area contributed by atoms with Gasteiger partial charge in [0.15, 0.2) is 0 Å². The Kier molecular flexibility index (Phi) is 2.47. The first-order valence-corrected chi connectivity index (χ1v) is 6.32. The Hall–Kier alpha value is -0.890. The van der Waals surface area contributed by atoms with Gasteiger partial charge in [0, 0.05) is 18.3 Å². The first-order valence-electron chi connectivity index (χ1n) is 6.32. The Balaban J connectivity index is 1.64. The average molecular weight is 217 g/mol. The van der Waals surface area contributed by atoms with Crippen molar-refractivity contribution in [1.82, 2.24) is 4.98 Å². The van der Waals surface area contributed by atoms with Crippen LogP contribution in [0.4, 0.5) is 0 Å². The predicted molar refractivity (Wildman–Crippen MR) is 63.0 cm³/mol. The van der Waals surface area contributed by atoms with Gasteiger partial charge < -0.3 is 5.11 Å². The van der Waals surface area contributed by atoms with Crippen LogP contribution in [0.15, 0.2) is 18.3 Å². The van der Waals surface area contributed by atoms with Crippen LogP contribution in [-0.4, -0.2) is 16.2 Å². The third-order valence-corrected chi connectivity index (χ3v) is 4.34. The summed E-state index contributed by atoms with van der Waals surface area (Å²) in [6, 6.07) is 4.02. The lowest BCUT2D eigenvalue weighted by atomic mass is 9.93. The Morgan fingerprint density at radius 2 is 2.12 bits per heavy atom. The maximum Gasteiger partial charge on any atom is 0.0624 e. The average Bonchev–Trinajstić information content (AvgIpc) is 2.89. The Morgan fingerprint density at radius 1 is 1.38 bits per heavy atom. The summed E-state index contributed by atoms with van der Waals surface area (Å²) in [6.07, 6.45) is 6.29. The van der Waals surface area contributed by atoms with E-state index in [4.69, 9.17) is 0 Å². The molecular formula is C14H19NO. The number of aryl methyl sites for hydroxylation is 1. The van der Waals surface area contributed by atoms with E-state index in [0.717, 1.165) is 24.0 Å². The molecule has 16 heavy (non-hydrogen) atoms. The number of rotatable bonds is 3. The van der Waals surface area contributed by atoms with Crippen LogP contribution in [0.25, 0.3) is 0 Å². The van der Waals surface area contributed by atoms with Gasteiger partial charge in [-0.3, -0.25) is 4.98 Å². The van der Waals surface area contributed by atoms with Gasteiger partial charge in [-0.05, 0) is 55.6 Å². The number of aliphatic hydroxyl groups is 1. The molecule has 2 aliphatic rings. The maximum atomic E-state index is 10.2. The molecule has 3 rings (SSSR count). The van der Waals surface area contributed by atoms with Gasteiger partial charge in [0.05, 0.1) is 6.10 Å². The maximum absolute atomic E-state index is 10.2. The predicted octanol–water partition coefficient (Wildman–Crippen LogP) is 2.34. The number of hydrogen-bond acceptors (Lipinski definition) is 2. The van der Waals surface area contributed by atoms with Crippen LogP contribution in [-0.2, 0) is 6.42 Å². The molecule has 1 heterocycles. The monoisotopic (exact) mass is 217 g/mol. The number of aliphatic hydroxyl groups excluding tert-OH is 1. The van der Waals surface area contributed by atoms with Gasteiger partial charge in [-0.1, -0.05) is 6.07 Å². The molecule has 0 aromatic carbocycles. The Bertz CT molecular complexity index is 380. The summed E-state index contributed by atoms with van der Waals surface area (Å²) in [5.74, 6) is 2.43. The van der Waals surface area contributed by atoms with Crippen LogP contribution in [0.1, 0.15) is 30.5 Å². The van der Waals surface area contributed by atoms with Crippen molar-refractivity contribution in [1.29, 1.82) is 0 Å². The molecule has 3 atom stereocenters. The fourth-order valence-electron chi connectivity index (χ4n) is 3.17. The van der Waals surface area contributed by atoms with Gasteiger partial charge in [0.25, 0.3) is 0 Å². The number of pyridine rings is 1. The van der Waals surface area contributed by atoms with Gasteiger partial charge in [-0.2, -0.15) is 0 Å². The highest BCUT2D eigenvalue weighted by Crippen LogP contribution is 2.55. The van der Waals surface area contributed by atoms with E-state index in [1.165, 1.54) is 24.8 Å². The molecule has 3 unspecified atom stereocenters. The molecule has 1 aromatic rings. The summed E-state index contributed by atoms with van der Waals surface area (Å²) in [7, 11) is 0. The van der Waals surface area contributed by atoms with Crippen molar-refractivity contribution >= 4 is 0 Å². The summed E-state index contributed by atoms with van der Waals surface area (Å²) in [4.78, 5) is 4.36. The Labute approximate surface area is 96.7 Å². The van der Waals surface area contributed by atoms with E-state index < -0.39 is 0 Å². The van der Waals surface area contributed by atoms with E-state index in [-0.39, 0.29) is 6.10 Å². The molecule has 2 heteroatoms. The summed E-state index contributed by atoms with van der Waals surface area (Å²) >= 11 is 0. The van der Waals surface area contributed by atoms with Crippen LogP contribution in [0.5, 0.6) is 0 Å². The topological polar surface area (TPSA) is 33.1 Å². The summed E-state index contributed by atoms with van der Waals surface area (Å²) < 4.78 is 0. The normalized spacial score (nSPS) is 33.5. The van der Waals surface area contributed by atoms with Crippen molar-refractivity contribution in [3.63, 3.8) is 0 Å². The number of aromatic nitrogens is 1. The third kappa shape index (κ3) is 1.86. The summed E-state index contributed by atoms with van der Waals surface area (Å²) in [5, 5.41) is 10.2. The highest BCUT2D eigenvalue weighted by Gasteiger charge is 2.47. The first kappa shape index (κ1) is 10.3. The number of nitrogens with zero attached hydrogens (tertiary/aromatic N) is 1. The van der Waals surface area contributed by atoms with Crippen molar-refractivity contribution in [3.8, 4) is 0 Å². The van der Waals surface area contributed by atoms with Crippen molar-refractivity contribution in [3.05, 3.63) is 29.6 Å². The van der Waals surface area contributed by atoms with E-state index in [0.29, 0.717) is 5.92 Å². The van der Waals surface area contributed by atoms with Gasteiger partial charge in [0.1, 0.15) is 0 Å². The fraction of sp³-hybridized carbons (Fsp3) is 0.643. The van der Waals surface area contributed by atoms with Crippen LogP contribution in [0, 0.1) is 24.7 Å². The Morgan fingerprint density at radius 3 is 2.81 bits per heavy atom. The van der Waals surface area contributed by atoms with E-state index >= 15 is 0 Å². The third-order valence-electron chi connectivity index (χ3n) is 4.34. The summed E-state index contributed by atoms with van der Waals surface area (Å²) in [5.41, 5.74) is 2.26. The lowest BCUT2D eigenvalue weighted by Crippen LogP contribution is -2.22. The number of hydrogen-bond donors (Lipinski definition) is 1. The van der Waals surface area contributed by atoms with Gasteiger partial charge in [0.2, 0.25) is 0 Å². The van der Waals surface area contributed by atoms with Crippen molar-refractivity contribution in [2.24, 2.45) is 17.8 Å². The van der Waals surface area contributed by atoms with Crippen molar-refractivity contribution < 1.29 is 5.11 Å². The number of fused-ring (bicyclic) bond motifs is 1. The molecule has 2 nitrogen and oxygen atoms in total. The molecule has 0 spiro atoms. The lowest BCUT2D eigenvalue weighted by Gasteiger charge is -2.19. The zero-order valence-electron chi connectivity index (χ0n) is 9.76. The quantitative estimate of drug-likeness (QED) is 0.843. The minimum absolute atomic E-state index is 0.179. The van der Waals surface area contributed by atoms with Crippen molar-refractivity contribution in [2.75, 3.05) is 0 Å². The van der Waals surface area contributed by atoms with Crippen LogP contribution < -0.4 is 0 Å². The van der Waals surface area contributed by atoms with E-state index in [9.17, 15) is 5.11 Å². The molecule has 0 aliphatic heterocycles. The molecular weight excluding hydrogens is 198 g/mol. The zero-order valence-corrected chi connectivity index (χ0v) is 9.76. The smallest absolute Gasteiger partial charge is 0.0624 e. The second-order valence-electron chi connectivity index (χ2n) is 5.53. The molecule has 0 amide bonds. The molecule has 1 aromatic heterocycles. The minimum atomic E-state index is -0.179. The van der Waals surface area contributed by atoms with Crippen LogP contribution >= 0.6 is 0 Å². The van der Waals surface area contributed by atoms with Crippen LogP contribution in [0.2, 0.25) is 0 Å². The molecule has 86 valence electrons. The molecule has 0 radical (unpaired) electrons. The minimum Gasteiger partial charge on any atom is -0.392 e. The SMILES string of the molecule is Cc1cccnc1CC(O)C1CC2CC2C1. The largest absolute Gasteiger partial charge is 0.392 e. The van der Waals surface area contributed by atoms with Crippen molar-refractivity contribution in [2.45, 2.75) is 38.7 Å². The first-order chi connectivity index (χ1) is 7.74. The van der Waals surface area contributed by atoms with E-state index in [2.05, 4.69) is 18.0 Å². The lowest BCUT2D eigenvalue weighted by molar-refractivity contribution is 0.103. The zero-order chi connectivity index (χ0) is 11.1. The standard InChI is InChI=1S/C14H19NO/c1-9-3-2-4-15-13(9)8-14(16)12-6-10-5-11(10)7-12/h2-4,10-12,14,16H,5-8H2,1H3. The molecule has 0 saturated heterocycles. The second kappa shape index (κ2) is 3.85. The van der Waals surface area contributed by atoms with E-state index in [1.807, 2.05) is 12.3 Å². The highest BCUT2D eigenvalue weighted by atomic mass is 16.3. The highest BCUT2D eigenvalue weighted by molar-refractivity contribution is 5.18. The molecule has 2 fully saturated rings. The summed E-state index contributed by atoms with van der Waals surface area (Å²) in [6.45, 7) is 2.07. The molecule has 2 aliphatic carbocycles. The molecule has 1 N–H and O–H groups in total. The van der Waals surface area contributed by atoms with E-state index in [1.54, 1.807) is 0 Å². The van der Waals surface area contributed by atoms with Gasteiger partial charge in [-0.25, -0.2) is 0 Å².